The number of unbranched alkanes of at least 4 members (excludes halogenated alkanes) is 2. The van der Waals surface area contributed by atoms with E-state index in [1.165, 1.54) is 0 Å². The molecule has 0 fully saturated rings. The van der Waals surface area contributed by atoms with Crippen LogP contribution >= 0.6 is 0 Å². The lowest BCUT2D eigenvalue weighted by Crippen LogP contribution is -2.43. The number of benzene rings is 1. The van der Waals surface area contributed by atoms with Crippen LogP contribution in [0.4, 0.5) is 5.82 Å². The third-order valence-corrected chi connectivity index (χ3v) is 6.03. The minimum absolute atomic E-state index is 0.0696. The zero-order valence-corrected chi connectivity index (χ0v) is 18.6. The summed E-state index contributed by atoms with van der Waals surface area (Å²) in [7, 11) is -3.62. The number of carboxylic acid groups (broad SMARTS) is 1. The quantitative estimate of drug-likeness (QED) is 0.358. The third-order valence-electron chi connectivity index (χ3n) is 4.56. The number of aromatic nitrogens is 1. The molecule has 0 aliphatic carbocycles. The van der Waals surface area contributed by atoms with Crippen molar-refractivity contribution in [2.75, 3.05) is 24.2 Å². The van der Waals surface area contributed by atoms with E-state index >= 15 is 0 Å². The van der Waals surface area contributed by atoms with Crippen LogP contribution in [-0.2, 0) is 21.2 Å². The second-order valence-corrected chi connectivity index (χ2v) is 9.10. The molecule has 8 nitrogen and oxygen atoms in total. The molecule has 9 heteroatoms. The van der Waals surface area contributed by atoms with Crippen LogP contribution in [-0.4, -0.2) is 49.4 Å². The Kier molecular flexibility index (Phi) is 10.3. The molecule has 170 valence electrons. The van der Waals surface area contributed by atoms with Gasteiger partial charge >= 0.3 is 5.97 Å². The van der Waals surface area contributed by atoms with Gasteiger partial charge in [0.1, 0.15) is 17.6 Å². The first-order valence-corrected chi connectivity index (χ1v) is 12.1. The molecule has 2 aromatic rings. The summed E-state index contributed by atoms with van der Waals surface area (Å²) >= 11 is 0. The second kappa shape index (κ2) is 12.9. The lowest BCUT2D eigenvalue weighted by Gasteiger charge is -2.15. The molecule has 1 heterocycles. The van der Waals surface area contributed by atoms with Crippen molar-refractivity contribution < 1.29 is 23.1 Å². The van der Waals surface area contributed by atoms with Gasteiger partial charge in [-0.15, -0.1) is 0 Å². The largest absolute Gasteiger partial charge is 0.494 e. The number of anilines is 1. The van der Waals surface area contributed by atoms with Crippen molar-refractivity contribution in [1.82, 2.24) is 9.71 Å². The molecule has 1 aromatic heterocycles. The second-order valence-electron chi connectivity index (χ2n) is 7.23. The molecular weight excluding hydrogens is 418 g/mol. The topological polar surface area (TPSA) is 118 Å². The lowest BCUT2D eigenvalue weighted by molar-refractivity contribution is -0.138. The Morgan fingerprint density at radius 2 is 1.90 bits per heavy atom. The zero-order valence-electron chi connectivity index (χ0n) is 17.8. The molecular formula is C22H31N3O5S. The number of ether oxygens (including phenoxy) is 1. The molecule has 2 rings (SSSR count). The maximum atomic E-state index is 12.0. The van der Waals surface area contributed by atoms with Gasteiger partial charge in [-0.1, -0.05) is 31.5 Å². The Morgan fingerprint density at radius 3 is 2.55 bits per heavy atom. The number of rotatable bonds is 15. The van der Waals surface area contributed by atoms with Crippen LogP contribution in [0.25, 0.3) is 0 Å². The molecule has 0 radical (unpaired) electrons. The summed E-state index contributed by atoms with van der Waals surface area (Å²) in [5.74, 6) is 0.278. The Balaban J connectivity index is 1.73. The first kappa shape index (κ1) is 24.6. The summed E-state index contributed by atoms with van der Waals surface area (Å²) in [6, 6.07) is 11.6. The van der Waals surface area contributed by atoms with Crippen molar-refractivity contribution in [2.45, 2.75) is 45.1 Å². The summed E-state index contributed by atoms with van der Waals surface area (Å²) < 4.78 is 32.0. The van der Waals surface area contributed by atoms with E-state index in [0.29, 0.717) is 18.8 Å². The molecule has 0 saturated heterocycles. The molecule has 0 spiro atoms. The standard InChI is InChI=1S/C22H31N3O5S/c1-2-3-16-31(28,29)25-20(22(26)27)17-18-9-11-19(12-10-18)30-15-7-6-14-24-21-8-4-5-13-23-21/h4-5,8-13,20,25H,2-3,6-7,14-17H2,1H3,(H,23,24)(H,26,27)/t20-/m0/s1. The number of nitrogens with one attached hydrogen (secondary N) is 2. The number of nitrogens with zero attached hydrogens (tertiary/aromatic N) is 1. The van der Waals surface area contributed by atoms with Crippen molar-refractivity contribution in [1.29, 1.82) is 0 Å². The molecule has 0 bridgehead atoms. The van der Waals surface area contributed by atoms with Gasteiger partial charge < -0.3 is 15.2 Å². The van der Waals surface area contributed by atoms with Crippen LogP contribution in [0.3, 0.4) is 0 Å². The van der Waals surface area contributed by atoms with Crippen molar-refractivity contribution >= 4 is 21.8 Å². The van der Waals surface area contributed by atoms with E-state index in [4.69, 9.17) is 4.74 Å². The highest BCUT2D eigenvalue weighted by molar-refractivity contribution is 7.89. The first-order chi connectivity index (χ1) is 14.9. The number of aliphatic carboxylic acids is 1. The zero-order chi connectivity index (χ0) is 22.5. The minimum atomic E-state index is -3.62. The van der Waals surface area contributed by atoms with E-state index in [1.807, 2.05) is 25.1 Å². The van der Waals surface area contributed by atoms with Crippen LogP contribution in [0, 0.1) is 0 Å². The normalized spacial score (nSPS) is 12.3. The van der Waals surface area contributed by atoms with Crippen molar-refractivity contribution in [2.24, 2.45) is 0 Å². The average Bonchev–Trinajstić information content (AvgIpc) is 2.76. The summed E-state index contributed by atoms with van der Waals surface area (Å²) in [4.78, 5) is 15.7. The predicted molar refractivity (Wildman–Crippen MR) is 121 cm³/mol. The fourth-order valence-corrected chi connectivity index (χ4v) is 4.25. The van der Waals surface area contributed by atoms with Gasteiger partial charge in [0.25, 0.3) is 0 Å². The Morgan fingerprint density at radius 1 is 1.13 bits per heavy atom. The summed E-state index contributed by atoms with van der Waals surface area (Å²) in [5.41, 5.74) is 0.720. The summed E-state index contributed by atoms with van der Waals surface area (Å²) in [5, 5.41) is 12.6. The smallest absolute Gasteiger partial charge is 0.322 e. The van der Waals surface area contributed by atoms with Crippen LogP contribution in [0.2, 0.25) is 0 Å². The molecule has 0 unspecified atom stereocenters. The fourth-order valence-electron chi connectivity index (χ4n) is 2.85. The molecule has 0 aliphatic heterocycles. The van der Waals surface area contributed by atoms with E-state index in [2.05, 4.69) is 15.0 Å². The van der Waals surface area contributed by atoms with Crippen LogP contribution in [0.15, 0.2) is 48.7 Å². The molecule has 3 N–H and O–H groups in total. The molecule has 0 aliphatic rings. The van der Waals surface area contributed by atoms with Crippen LogP contribution in [0.1, 0.15) is 38.2 Å². The van der Waals surface area contributed by atoms with Crippen molar-refractivity contribution in [3.63, 3.8) is 0 Å². The Bertz CT molecular complexity index is 889. The van der Waals surface area contributed by atoms with E-state index in [0.717, 1.165) is 37.2 Å². The van der Waals surface area contributed by atoms with E-state index in [1.54, 1.807) is 30.5 Å². The fraction of sp³-hybridized carbons (Fsp3) is 0.455. The van der Waals surface area contributed by atoms with Crippen molar-refractivity contribution in [3.05, 3.63) is 54.2 Å². The number of carbonyl (C=O) groups is 1. The van der Waals surface area contributed by atoms with Gasteiger partial charge in [-0.25, -0.2) is 18.1 Å². The molecule has 31 heavy (non-hydrogen) atoms. The molecule has 1 aromatic carbocycles. The number of hydrogen-bond acceptors (Lipinski definition) is 6. The van der Waals surface area contributed by atoms with Crippen LogP contribution in [0.5, 0.6) is 5.75 Å². The summed E-state index contributed by atoms with van der Waals surface area (Å²) in [6.45, 7) is 3.26. The Hall–Kier alpha value is -2.65. The monoisotopic (exact) mass is 449 g/mol. The number of hydrogen-bond donors (Lipinski definition) is 3. The van der Waals surface area contributed by atoms with Gasteiger partial charge in [-0.3, -0.25) is 4.79 Å². The number of carboxylic acids is 1. The van der Waals surface area contributed by atoms with Crippen molar-refractivity contribution in [3.8, 4) is 5.75 Å². The first-order valence-electron chi connectivity index (χ1n) is 10.5. The highest BCUT2D eigenvalue weighted by atomic mass is 32.2. The van der Waals surface area contributed by atoms with Gasteiger partial charge in [-0.05, 0) is 55.5 Å². The lowest BCUT2D eigenvalue weighted by atomic mass is 10.1. The van der Waals surface area contributed by atoms with E-state index in [-0.39, 0.29) is 12.2 Å². The van der Waals surface area contributed by atoms with Gasteiger partial charge in [0.05, 0.1) is 12.4 Å². The van der Waals surface area contributed by atoms with Gasteiger partial charge in [-0.2, -0.15) is 0 Å². The summed E-state index contributed by atoms with van der Waals surface area (Å²) in [6.07, 6.45) is 4.85. The number of sulfonamides is 1. The average molecular weight is 450 g/mol. The highest BCUT2D eigenvalue weighted by Crippen LogP contribution is 2.15. The predicted octanol–water partition coefficient (Wildman–Crippen LogP) is 3.07. The molecule has 0 saturated carbocycles. The van der Waals surface area contributed by atoms with Gasteiger partial charge in [0, 0.05) is 12.7 Å². The SMILES string of the molecule is CCCCS(=O)(=O)N[C@@H](Cc1ccc(OCCCCNc2ccccn2)cc1)C(=O)O. The van der Waals surface area contributed by atoms with Gasteiger partial charge in [0.15, 0.2) is 0 Å². The number of pyridine rings is 1. The van der Waals surface area contributed by atoms with E-state index in [9.17, 15) is 18.3 Å². The van der Waals surface area contributed by atoms with Crippen LogP contribution < -0.4 is 14.8 Å². The minimum Gasteiger partial charge on any atom is -0.494 e. The maximum absolute atomic E-state index is 12.0. The third kappa shape index (κ3) is 9.80. The molecule has 0 amide bonds. The Labute approximate surface area is 184 Å². The highest BCUT2D eigenvalue weighted by Gasteiger charge is 2.24. The van der Waals surface area contributed by atoms with Gasteiger partial charge in [0.2, 0.25) is 10.0 Å². The maximum Gasteiger partial charge on any atom is 0.322 e. The molecule has 1 atom stereocenters. The van der Waals surface area contributed by atoms with E-state index < -0.39 is 22.0 Å².